The van der Waals surface area contributed by atoms with Crippen LogP contribution in [-0.2, 0) is 17.8 Å². The van der Waals surface area contributed by atoms with E-state index in [-0.39, 0.29) is 5.91 Å². The van der Waals surface area contributed by atoms with E-state index in [4.69, 9.17) is 0 Å². The zero-order chi connectivity index (χ0) is 17.1. The van der Waals surface area contributed by atoms with E-state index in [9.17, 15) is 13.6 Å². The van der Waals surface area contributed by atoms with Crippen molar-refractivity contribution >= 4 is 16.8 Å². The summed E-state index contributed by atoms with van der Waals surface area (Å²) in [6.45, 7) is 2.65. The van der Waals surface area contributed by atoms with Crippen LogP contribution in [0.1, 0.15) is 17.7 Å². The number of benzene rings is 1. The summed E-state index contributed by atoms with van der Waals surface area (Å²) in [5.41, 5.74) is 1.87. The first-order valence-corrected chi connectivity index (χ1v) is 7.60. The van der Waals surface area contributed by atoms with Gasteiger partial charge in [0.1, 0.15) is 24.3 Å². The molecular formula is C16H17F2N5O. The van der Waals surface area contributed by atoms with Gasteiger partial charge in [0.15, 0.2) is 0 Å². The Balaban J connectivity index is 1.59. The topological polar surface area (TPSA) is 75.6 Å². The lowest BCUT2D eigenvalue weighted by atomic mass is 10.1. The number of nitrogens with zero attached hydrogens (tertiary/aromatic N) is 3. The number of hydrogen-bond acceptors (Lipinski definition) is 3. The van der Waals surface area contributed by atoms with Crippen LogP contribution in [0, 0.1) is 18.6 Å². The van der Waals surface area contributed by atoms with Crippen LogP contribution in [0.3, 0.4) is 0 Å². The zero-order valence-corrected chi connectivity index (χ0v) is 13.1. The fraction of sp³-hybridized carbons (Fsp3) is 0.312. The smallest absolute Gasteiger partial charge is 0.221 e. The van der Waals surface area contributed by atoms with E-state index >= 15 is 0 Å². The highest BCUT2D eigenvalue weighted by Crippen LogP contribution is 2.25. The maximum atomic E-state index is 13.8. The molecule has 2 aromatic heterocycles. The lowest BCUT2D eigenvalue weighted by molar-refractivity contribution is -0.121. The van der Waals surface area contributed by atoms with Crippen molar-refractivity contribution in [2.45, 2.75) is 26.3 Å². The normalized spacial score (nSPS) is 11.1. The number of H-pyrrole nitrogens is 1. The van der Waals surface area contributed by atoms with Crippen LogP contribution in [0.5, 0.6) is 0 Å². The molecule has 0 fully saturated rings. The summed E-state index contributed by atoms with van der Waals surface area (Å²) >= 11 is 0. The van der Waals surface area contributed by atoms with E-state index in [1.807, 2.05) is 0 Å². The molecule has 0 unspecified atom stereocenters. The molecule has 8 heteroatoms. The number of hydrogen-bond donors (Lipinski definition) is 2. The summed E-state index contributed by atoms with van der Waals surface area (Å²) in [7, 11) is 0. The molecule has 2 N–H and O–H groups in total. The number of aryl methyl sites for hydroxylation is 2. The van der Waals surface area contributed by atoms with Gasteiger partial charge in [-0.2, -0.15) is 5.10 Å². The summed E-state index contributed by atoms with van der Waals surface area (Å²) in [6, 6.07) is 2.16. The molecule has 3 aromatic rings. The molecular weight excluding hydrogens is 316 g/mol. The first-order valence-electron chi connectivity index (χ1n) is 7.60. The highest BCUT2D eigenvalue weighted by Gasteiger charge is 2.13. The molecule has 0 radical (unpaired) electrons. The van der Waals surface area contributed by atoms with E-state index in [1.165, 1.54) is 12.4 Å². The summed E-state index contributed by atoms with van der Waals surface area (Å²) < 4.78 is 28.8. The Morgan fingerprint density at radius 3 is 2.96 bits per heavy atom. The first-order chi connectivity index (χ1) is 11.5. The first kappa shape index (κ1) is 16.1. The molecule has 3 rings (SSSR count). The van der Waals surface area contributed by atoms with Crippen molar-refractivity contribution in [2.24, 2.45) is 0 Å². The van der Waals surface area contributed by atoms with Gasteiger partial charge < -0.3 is 10.3 Å². The number of aromatic nitrogens is 4. The molecule has 24 heavy (non-hydrogen) atoms. The van der Waals surface area contributed by atoms with Crippen molar-refractivity contribution in [1.29, 1.82) is 0 Å². The van der Waals surface area contributed by atoms with Crippen LogP contribution in [0.2, 0.25) is 0 Å². The van der Waals surface area contributed by atoms with E-state index in [2.05, 4.69) is 20.4 Å². The molecule has 0 aliphatic carbocycles. The van der Waals surface area contributed by atoms with E-state index in [0.29, 0.717) is 36.8 Å². The van der Waals surface area contributed by atoms with Crippen LogP contribution in [0.4, 0.5) is 8.78 Å². The van der Waals surface area contributed by atoms with Gasteiger partial charge in [-0.15, -0.1) is 0 Å². The summed E-state index contributed by atoms with van der Waals surface area (Å²) in [5, 5.41) is 7.24. The van der Waals surface area contributed by atoms with Gasteiger partial charge in [0, 0.05) is 30.1 Å². The Labute approximate surface area is 136 Å². The standard InChI is InChI=1S/C16H17F2N5O/c1-10-12(13-6-11(17)7-14(18)16(13)22-10)2-4-20-15(24)3-5-23-9-19-8-21-23/h6-9,22H,2-5H2,1H3,(H,20,24). The SMILES string of the molecule is Cc1[nH]c2c(F)cc(F)cc2c1CCNC(=O)CCn1cncn1. The van der Waals surface area contributed by atoms with Crippen molar-refractivity contribution in [3.8, 4) is 0 Å². The fourth-order valence-corrected chi connectivity index (χ4v) is 2.71. The van der Waals surface area contributed by atoms with E-state index in [0.717, 1.165) is 17.3 Å². The van der Waals surface area contributed by atoms with Crippen LogP contribution in [-0.4, -0.2) is 32.2 Å². The highest BCUT2D eigenvalue weighted by molar-refractivity contribution is 5.85. The Morgan fingerprint density at radius 1 is 1.38 bits per heavy atom. The lowest BCUT2D eigenvalue weighted by Gasteiger charge is -2.06. The molecule has 0 saturated heterocycles. The van der Waals surface area contributed by atoms with Crippen LogP contribution >= 0.6 is 0 Å². The molecule has 1 aromatic carbocycles. The van der Waals surface area contributed by atoms with Crippen molar-refractivity contribution in [3.63, 3.8) is 0 Å². The monoisotopic (exact) mass is 333 g/mol. The number of carbonyl (C=O) groups excluding carboxylic acids is 1. The van der Waals surface area contributed by atoms with E-state index < -0.39 is 11.6 Å². The van der Waals surface area contributed by atoms with Crippen LogP contribution < -0.4 is 5.32 Å². The largest absolute Gasteiger partial charge is 0.356 e. The van der Waals surface area contributed by atoms with Crippen molar-refractivity contribution in [2.75, 3.05) is 6.54 Å². The number of aromatic amines is 1. The van der Waals surface area contributed by atoms with Crippen LogP contribution in [0.25, 0.3) is 10.9 Å². The predicted octanol–water partition coefficient (Wildman–Crippen LogP) is 2.10. The van der Waals surface area contributed by atoms with Crippen molar-refractivity contribution < 1.29 is 13.6 Å². The average molecular weight is 333 g/mol. The van der Waals surface area contributed by atoms with Gasteiger partial charge in [0.2, 0.25) is 5.91 Å². The number of carbonyl (C=O) groups is 1. The van der Waals surface area contributed by atoms with Gasteiger partial charge in [-0.05, 0) is 25.0 Å². The van der Waals surface area contributed by atoms with E-state index in [1.54, 1.807) is 17.9 Å². The molecule has 2 heterocycles. The Kier molecular flexibility index (Phi) is 4.54. The summed E-state index contributed by atoms with van der Waals surface area (Å²) in [4.78, 5) is 18.6. The average Bonchev–Trinajstić information content (AvgIpc) is 3.15. The zero-order valence-electron chi connectivity index (χ0n) is 13.1. The molecule has 0 bridgehead atoms. The van der Waals surface area contributed by atoms with Crippen LogP contribution in [0.15, 0.2) is 24.8 Å². The minimum atomic E-state index is -0.615. The molecule has 126 valence electrons. The van der Waals surface area contributed by atoms with Crippen molar-refractivity contribution in [1.82, 2.24) is 25.1 Å². The van der Waals surface area contributed by atoms with Gasteiger partial charge in [0.05, 0.1) is 12.1 Å². The Bertz CT molecular complexity index is 857. The second kappa shape index (κ2) is 6.77. The second-order valence-corrected chi connectivity index (χ2v) is 5.55. The summed E-state index contributed by atoms with van der Waals surface area (Å²) in [5.74, 6) is -1.34. The van der Waals surface area contributed by atoms with Crippen molar-refractivity contribution in [3.05, 3.63) is 47.7 Å². The third-order valence-electron chi connectivity index (χ3n) is 3.88. The quantitative estimate of drug-likeness (QED) is 0.725. The molecule has 0 atom stereocenters. The van der Waals surface area contributed by atoms with Gasteiger partial charge in [-0.1, -0.05) is 0 Å². The minimum absolute atomic E-state index is 0.111. The molecule has 6 nitrogen and oxygen atoms in total. The minimum Gasteiger partial charge on any atom is -0.356 e. The number of halogens is 2. The van der Waals surface area contributed by atoms with Gasteiger partial charge >= 0.3 is 0 Å². The maximum absolute atomic E-state index is 13.8. The summed E-state index contributed by atoms with van der Waals surface area (Å²) in [6.07, 6.45) is 3.74. The number of fused-ring (bicyclic) bond motifs is 1. The molecule has 0 aliphatic heterocycles. The second-order valence-electron chi connectivity index (χ2n) is 5.55. The number of rotatable bonds is 6. The van der Waals surface area contributed by atoms with Gasteiger partial charge in [-0.3, -0.25) is 9.48 Å². The molecule has 0 spiro atoms. The Hall–Kier alpha value is -2.77. The fourth-order valence-electron chi connectivity index (χ4n) is 2.71. The third-order valence-corrected chi connectivity index (χ3v) is 3.88. The maximum Gasteiger partial charge on any atom is 0.221 e. The molecule has 0 saturated carbocycles. The highest BCUT2D eigenvalue weighted by atomic mass is 19.1. The van der Waals surface area contributed by atoms with Gasteiger partial charge in [0.25, 0.3) is 0 Å². The number of amides is 1. The lowest BCUT2D eigenvalue weighted by Crippen LogP contribution is -2.26. The molecule has 0 aliphatic rings. The predicted molar refractivity (Wildman–Crippen MR) is 84.3 cm³/mol. The van der Waals surface area contributed by atoms with Gasteiger partial charge in [-0.25, -0.2) is 13.8 Å². The molecule has 1 amide bonds. The third kappa shape index (κ3) is 3.42. The number of nitrogens with one attached hydrogen (secondary N) is 2. The Morgan fingerprint density at radius 2 is 2.21 bits per heavy atom.